The van der Waals surface area contributed by atoms with Gasteiger partial charge in [-0.3, -0.25) is 9.59 Å². The number of benzene rings is 3. The third-order valence-electron chi connectivity index (χ3n) is 5.52. The van der Waals surface area contributed by atoms with E-state index in [0.29, 0.717) is 11.1 Å². The summed E-state index contributed by atoms with van der Waals surface area (Å²) >= 11 is 1.49. The van der Waals surface area contributed by atoms with Crippen LogP contribution in [-0.4, -0.2) is 18.9 Å². The van der Waals surface area contributed by atoms with Crippen molar-refractivity contribution >= 4 is 29.6 Å². The molecule has 0 bridgehead atoms. The third kappa shape index (κ3) is 4.05. The number of ether oxygens (including phenoxy) is 1. The first-order chi connectivity index (χ1) is 15.6. The number of halogens is 1. The van der Waals surface area contributed by atoms with Crippen LogP contribution >= 0.6 is 11.8 Å². The number of ketones is 1. The maximum Gasteiger partial charge on any atom is 0.321 e. The van der Waals surface area contributed by atoms with Crippen LogP contribution in [0.5, 0.6) is 0 Å². The van der Waals surface area contributed by atoms with Gasteiger partial charge >= 0.3 is 5.97 Å². The number of allylic oxidation sites excluding steroid dienone is 1. The molecule has 0 saturated carbocycles. The molecule has 0 aliphatic carbocycles. The van der Waals surface area contributed by atoms with Gasteiger partial charge in [-0.2, -0.15) is 0 Å². The molecule has 1 heterocycles. The van der Waals surface area contributed by atoms with Crippen molar-refractivity contribution in [1.82, 2.24) is 0 Å². The fourth-order valence-electron chi connectivity index (χ4n) is 3.96. The van der Waals surface area contributed by atoms with E-state index in [0.717, 1.165) is 10.5 Å². The largest absolute Gasteiger partial charge is 0.468 e. The van der Waals surface area contributed by atoms with Gasteiger partial charge in [0.05, 0.1) is 12.4 Å². The zero-order valence-corrected chi connectivity index (χ0v) is 18.3. The Morgan fingerprint density at radius 1 is 1.09 bits per heavy atom. The van der Waals surface area contributed by atoms with Crippen LogP contribution in [0.1, 0.15) is 33.2 Å². The third-order valence-corrected chi connectivity index (χ3v) is 7.04. The van der Waals surface area contributed by atoms with Crippen molar-refractivity contribution in [3.8, 4) is 0 Å². The van der Waals surface area contributed by atoms with E-state index >= 15 is 0 Å². The summed E-state index contributed by atoms with van der Waals surface area (Å²) in [6.07, 6.45) is 3.38. The summed E-state index contributed by atoms with van der Waals surface area (Å²) in [5.41, 5.74) is 3.59. The van der Waals surface area contributed by atoms with Crippen molar-refractivity contribution in [2.24, 2.45) is 5.41 Å². The molecular weight excluding hydrogens is 423 g/mol. The summed E-state index contributed by atoms with van der Waals surface area (Å²) in [7, 11) is 1.30. The van der Waals surface area contributed by atoms with Crippen LogP contribution in [-0.2, 0) is 9.53 Å². The molecule has 0 amide bonds. The maximum absolute atomic E-state index is 13.8. The number of rotatable bonds is 5. The number of carbonyl (C=O) groups is 2. The molecule has 0 saturated heterocycles. The minimum atomic E-state index is -1.45. The van der Waals surface area contributed by atoms with E-state index in [1.807, 2.05) is 42.5 Å². The highest BCUT2D eigenvalue weighted by molar-refractivity contribution is 7.99. The highest BCUT2D eigenvalue weighted by atomic mass is 32.2. The summed E-state index contributed by atoms with van der Waals surface area (Å²) in [4.78, 5) is 27.9. The minimum Gasteiger partial charge on any atom is -0.468 e. The van der Waals surface area contributed by atoms with Gasteiger partial charge in [-0.05, 0) is 47.9 Å². The summed E-state index contributed by atoms with van der Waals surface area (Å²) in [6, 6.07) is 23.0. The van der Waals surface area contributed by atoms with Gasteiger partial charge in [0.15, 0.2) is 11.2 Å². The lowest BCUT2D eigenvalue weighted by Crippen LogP contribution is -2.46. The summed E-state index contributed by atoms with van der Waals surface area (Å²) < 4.78 is 18.6. The number of esters is 1. The number of hydrogen-bond acceptors (Lipinski definition) is 4. The summed E-state index contributed by atoms with van der Waals surface area (Å²) in [6.45, 7) is 0. The molecule has 0 fully saturated rings. The molecular formula is C27H21FO3S. The second kappa shape index (κ2) is 9.39. The number of thioether (sulfide) groups is 1. The Morgan fingerprint density at radius 3 is 2.59 bits per heavy atom. The van der Waals surface area contributed by atoms with Gasteiger partial charge < -0.3 is 4.74 Å². The molecule has 0 spiro atoms. The second-order valence-corrected chi connectivity index (χ2v) is 8.62. The number of carbonyl (C=O) groups excluding carboxylic acids is 2. The van der Waals surface area contributed by atoms with E-state index in [1.54, 1.807) is 36.4 Å². The molecule has 160 valence electrons. The number of hydrogen-bond donors (Lipinski definition) is 0. The number of fused-ring (bicyclic) bond motifs is 1. The highest BCUT2D eigenvalue weighted by Gasteiger charge is 2.56. The van der Waals surface area contributed by atoms with Crippen molar-refractivity contribution < 1.29 is 18.7 Å². The lowest BCUT2D eigenvalue weighted by molar-refractivity contribution is -0.149. The lowest BCUT2D eigenvalue weighted by atomic mass is 9.72. The lowest BCUT2D eigenvalue weighted by Gasteiger charge is -2.40. The average Bonchev–Trinajstić information content (AvgIpc) is 2.83. The summed E-state index contributed by atoms with van der Waals surface area (Å²) in [5.74, 6) is -1.19. The Hall–Kier alpha value is -3.40. The van der Waals surface area contributed by atoms with E-state index < -0.39 is 16.6 Å². The van der Waals surface area contributed by atoms with Gasteiger partial charge in [-0.15, -0.1) is 17.5 Å². The molecule has 0 radical (unpaired) electrons. The molecule has 0 N–H and O–H groups in total. The molecule has 1 aliphatic heterocycles. The van der Waals surface area contributed by atoms with Crippen LogP contribution in [0.25, 0.3) is 6.08 Å². The fraction of sp³-hybridized carbons (Fsp3) is 0.148. The monoisotopic (exact) mass is 444 g/mol. The fourth-order valence-corrected chi connectivity index (χ4v) is 5.45. The molecule has 0 aromatic heterocycles. The predicted octanol–water partition coefficient (Wildman–Crippen LogP) is 6.27. The zero-order valence-electron chi connectivity index (χ0n) is 17.5. The van der Waals surface area contributed by atoms with Crippen LogP contribution < -0.4 is 0 Å². The van der Waals surface area contributed by atoms with Crippen LogP contribution in [0.15, 0.2) is 95.6 Å². The van der Waals surface area contributed by atoms with Crippen molar-refractivity contribution in [2.45, 2.75) is 16.6 Å². The normalized spacial score (nSPS) is 19.4. The quantitative estimate of drug-likeness (QED) is 0.264. The Kier molecular flexibility index (Phi) is 6.40. The van der Waals surface area contributed by atoms with Crippen molar-refractivity contribution in [3.63, 3.8) is 0 Å². The van der Waals surface area contributed by atoms with Crippen LogP contribution in [0, 0.1) is 11.2 Å². The first kappa shape index (κ1) is 21.8. The molecule has 3 aromatic carbocycles. The standard InChI is InChI=1S/C27H21FO3S/c1-31-26(30)27(17-8-7-10-19-11-9-14-21(28)18-19)24(29)22-15-5-6-16-23(22)32-25(27)20-12-3-2-4-13-20/h2-6,8-16,18,25H,17H2,1H3. The topological polar surface area (TPSA) is 43.4 Å². The first-order valence-corrected chi connectivity index (χ1v) is 11.0. The van der Waals surface area contributed by atoms with Crippen molar-refractivity contribution in [2.75, 3.05) is 7.11 Å². The second-order valence-electron chi connectivity index (χ2n) is 7.47. The van der Waals surface area contributed by atoms with Crippen molar-refractivity contribution in [1.29, 1.82) is 0 Å². The molecule has 32 heavy (non-hydrogen) atoms. The van der Waals surface area contributed by atoms with E-state index in [-0.39, 0.29) is 18.0 Å². The Balaban J connectivity index is 1.81. The van der Waals surface area contributed by atoms with Gasteiger partial charge in [0.2, 0.25) is 0 Å². The molecule has 3 aromatic rings. The minimum absolute atomic E-state index is 0.102. The van der Waals surface area contributed by atoms with Gasteiger partial charge in [0.1, 0.15) is 5.82 Å². The molecule has 4 rings (SSSR count). The van der Waals surface area contributed by atoms with Crippen LogP contribution in [0.4, 0.5) is 4.39 Å². The number of methoxy groups -OCH3 is 1. The van der Waals surface area contributed by atoms with Gasteiger partial charge in [-0.1, -0.05) is 60.7 Å². The first-order valence-electron chi connectivity index (χ1n) is 10.2. The smallest absolute Gasteiger partial charge is 0.321 e. The van der Waals surface area contributed by atoms with Crippen LogP contribution in [0.2, 0.25) is 0 Å². The van der Waals surface area contributed by atoms with Gasteiger partial charge in [-0.25, -0.2) is 4.39 Å². The Bertz CT molecular complexity index is 1210. The molecule has 1 aliphatic rings. The van der Waals surface area contributed by atoms with E-state index in [1.165, 1.54) is 31.0 Å². The average molecular weight is 445 g/mol. The Labute approximate surface area is 190 Å². The molecule has 3 nitrogen and oxygen atoms in total. The predicted molar refractivity (Wildman–Crippen MR) is 124 cm³/mol. The molecule has 2 atom stereocenters. The zero-order chi connectivity index (χ0) is 22.6. The van der Waals surface area contributed by atoms with Gasteiger partial charge in [0, 0.05) is 10.5 Å². The molecule has 2 unspecified atom stereocenters. The van der Waals surface area contributed by atoms with E-state index in [9.17, 15) is 14.0 Å². The van der Waals surface area contributed by atoms with E-state index in [2.05, 4.69) is 5.73 Å². The summed E-state index contributed by atoms with van der Waals surface area (Å²) in [5, 5.41) is -0.467. The maximum atomic E-state index is 13.8. The SMILES string of the molecule is COC(=O)C1(CC=C=Cc2cccc(F)c2)C(=O)c2ccccc2SC1c1ccccc1. The highest BCUT2D eigenvalue weighted by Crippen LogP contribution is 2.56. The number of Topliss-reactive ketones (excluding diaryl/α,β-unsaturated/α-hetero) is 1. The Morgan fingerprint density at radius 2 is 1.84 bits per heavy atom. The van der Waals surface area contributed by atoms with Crippen molar-refractivity contribution in [3.05, 3.63) is 113 Å². The van der Waals surface area contributed by atoms with Gasteiger partial charge in [0.25, 0.3) is 0 Å². The van der Waals surface area contributed by atoms with Crippen LogP contribution in [0.3, 0.4) is 0 Å². The van der Waals surface area contributed by atoms with E-state index in [4.69, 9.17) is 4.74 Å². The molecule has 5 heteroatoms.